The lowest BCUT2D eigenvalue weighted by Crippen LogP contribution is -2.44. The molecule has 0 heterocycles. The maximum atomic E-state index is 12.3. The predicted octanol–water partition coefficient (Wildman–Crippen LogP) is 2.57. The first-order valence-electron chi connectivity index (χ1n) is 6.77. The fraction of sp³-hybridized carbons (Fsp3) is 0.800. The quantitative estimate of drug-likeness (QED) is 0.708. The normalized spacial score (nSPS) is 53.0. The molecule has 3 rings (SSSR count). The van der Waals surface area contributed by atoms with Crippen LogP contribution < -0.4 is 0 Å². The minimum atomic E-state index is -0.177. The number of aliphatic hydroxyl groups is 1. The number of aliphatic hydroxyl groups excluding tert-OH is 1. The Kier molecular flexibility index (Phi) is 2.17. The van der Waals surface area contributed by atoms with Gasteiger partial charge in [0.15, 0.2) is 0 Å². The zero-order chi connectivity index (χ0) is 12.4. The molecule has 1 N–H and O–H groups in total. The van der Waals surface area contributed by atoms with Gasteiger partial charge in [0.1, 0.15) is 5.78 Å². The minimum absolute atomic E-state index is 0.0585. The molecule has 2 heteroatoms. The smallest absolute Gasteiger partial charge is 0.139 e. The second-order valence-corrected chi connectivity index (χ2v) is 6.81. The molecule has 0 unspecified atom stereocenters. The molecule has 3 aliphatic rings. The van der Waals surface area contributed by atoms with Crippen LogP contribution in [0.15, 0.2) is 12.2 Å². The van der Waals surface area contributed by atoms with Crippen molar-refractivity contribution in [2.24, 2.45) is 28.6 Å². The highest BCUT2D eigenvalue weighted by Crippen LogP contribution is 2.72. The maximum Gasteiger partial charge on any atom is 0.139 e. The Morgan fingerprint density at radius 2 is 2.12 bits per heavy atom. The zero-order valence-electron chi connectivity index (χ0n) is 10.8. The van der Waals surface area contributed by atoms with E-state index in [0.717, 1.165) is 19.3 Å². The second kappa shape index (κ2) is 3.23. The van der Waals surface area contributed by atoms with E-state index in [9.17, 15) is 9.90 Å². The number of rotatable bonds is 1. The number of fused-ring (bicyclic) bond motifs is 3. The number of ketones is 1. The van der Waals surface area contributed by atoms with Gasteiger partial charge in [0.25, 0.3) is 0 Å². The summed E-state index contributed by atoms with van der Waals surface area (Å²) in [6.07, 6.45) is 3.64. The van der Waals surface area contributed by atoms with Gasteiger partial charge in [-0.15, -0.1) is 0 Å². The van der Waals surface area contributed by atoms with Crippen LogP contribution in [0.1, 0.15) is 39.5 Å². The number of hydrogen-bond donors (Lipinski definition) is 1. The molecule has 0 aliphatic heterocycles. The summed E-state index contributed by atoms with van der Waals surface area (Å²) < 4.78 is 0. The van der Waals surface area contributed by atoms with E-state index in [1.165, 1.54) is 5.57 Å². The van der Waals surface area contributed by atoms with Crippen LogP contribution in [0.3, 0.4) is 0 Å². The lowest BCUT2D eigenvalue weighted by molar-refractivity contribution is -0.134. The molecule has 2 nitrogen and oxygen atoms in total. The number of allylic oxidation sites excluding steroid dienone is 1. The maximum absolute atomic E-state index is 12.3. The molecule has 0 aromatic carbocycles. The van der Waals surface area contributed by atoms with Crippen molar-refractivity contribution in [1.82, 2.24) is 0 Å². The third-order valence-electron chi connectivity index (χ3n) is 6.04. The highest BCUT2D eigenvalue weighted by Gasteiger charge is 2.70. The van der Waals surface area contributed by atoms with Gasteiger partial charge in [0.05, 0.1) is 0 Å². The monoisotopic (exact) mass is 234 g/mol. The van der Waals surface area contributed by atoms with Gasteiger partial charge in [0, 0.05) is 18.4 Å². The van der Waals surface area contributed by atoms with Crippen LogP contribution >= 0.6 is 0 Å². The molecular formula is C15H22O2. The van der Waals surface area contributed by atoms with E-state index in [2.05, 4.69) is 20.4 Å². The van der Waals surface area contributed by atoms with Crippen LogP contribution in [0, 0.1) is 28.6 Å². The summed E-state index contributed by atoms with van der Waals surface area (Å²) in [7, 11) is 0. The molecule has 3 fully saturated rings. The van der Waals surface area contributed by atoms with E-state index in [0.29, 0.717) is 30.0 Å². The summed E-state index contributed by atoms with van der Waals surface area (Å²) in [5, 5.41) is 9.61. The van der Waals surface area contributed by atoms with Gasteiger partial charge in [-0.2, -0.15) is 0 Å². The van der Waals surface area contributed by atoms with Crippen molar-refractivity contribution in [3.8, 4) is 0 Å². The number of carbonyl (C=O) groups excluding carboxylic acids is 1. The van der Waals surface area contributed by atoms with E-state index in [1.807, 2.05) is 0 Å². The van der Waals surface area contributed by atoms with E-state index in [-0.39, 0.29) is 17.4 Å². The Morgan fingerprint density at radius 3 is 2.76 bits per heavy atom. The fourth-order valence-electron chi connectivity index (χ4n) is 4.78. The summed E-state index contributed by atoms with van der Waals surface area (Å²) >= 11 is 0. The van der Waals surface area contributed by atoms with Gasteiger partial charge in [-0.25, -0.2) is 0 Å². The van der Waals surface area contributed by atoms with Crippen LogP contribution in [0.5, 0.6) is 0 Å². The molecule has 3 saturated carbocycles. The topological polar surface area (TPSA) is 37.3 Å². The molecule has 0 radical (unpaired) electrons. The number of hydrogen-bond acceptors (Lipinski definition) is 2. The summed E-state index contributed by atoms with van der Waals surface area (Å²) in [4.78, 5) is 12.3. The van der Waals surface area contributed by atoms with E-state index in [4.69, 9.17) is 0 Å². The van der Waals surface area contributed by atoms with Gasteiger partial charge in [-0.05, 0) is 42.4 Å². The van der Waals surface area contributed by atoms with Crippen LogP contribution in [-0.2, 0) is 4.79 Å². The lowest BCUT2D eigenvalue weighted by Gasteiger charge is -2.45. The first-order chi connectivity index (χ1) is 7.95. The Balaban J connectivity index is 1.99. The molecule has 0 aromatic rings. The first kappa shape index (κ1) is 11.5. The minimum Gasteiger partial charge on any atom is -0.396 e. The highest BCUT2D eigenvalue weighted by atomic mass is 16.3. The molecular weight excluding hydrogens is 212 g/mol. The van der Waals surface area contributed by atoms with Crippen LogP contribution in [0.2, 0.25) is 0 Å². The Hall–Kier alpha value is -0.630. The van der Waals surface area contributed by atoms with Crippen molar-refractivity contribution in [2.75, 3.05) is 6.61 Å². The summed E-state index contributed by atoms with van der Waals surface area (Å²) in [6, 6.07) is 0. The molecule has 17 heavy (non-hydrogen) atoms. The molecule has 0 saturated heterocycles. The first-order valence-corrected chi connectivity index (χ1v) is 6.77. The molecule has 0 amide bonds. The van der Waals surface area contributed by atoms with Crippen molar-refractivity contribution in [2.45, 2.75) is 39.5 Å². The van der Waals surface area contributed by atoms with Crippen molar-refractivity contribution in [3.05, 3.63) is 12.2 Å². The Bertz CT molecular complexity index is 400. The Morgan fingerprint density at radius 1 is 1.41 bits per heavy atom. The van der Waals surface area contributed by atoms with Crippen LogP contribution in [0.25, 0.3) is 0 Å². The Labute approximate surface area is 103 Å². The molecule has 94 valence electrons. The lowest BCUT2D eigenvalue weighted by atomic mass is 9.58. The van der Waals surface area contributed by atoms with Gasteiger partial charge in [-0.3, -0.25) is 4.79 Å². The SMILES string of the molecule is C=C1CCC(=O)[C@]2(C)CC[C@H]3[C@@H]([C@@H]12)[C@]3(C)CO. The third kappa shape index (κ3) is 1.22. The summed E-state index contributed by atoms with van der Waals surface area (Å²) in [6.45, 7) is 8.80. The molecule has 0 bridgehead atoms. The molecule has 0 aromatic heterocycles. The van der Waals surface area contributed by atoms with Gasteiger partial charge >= 0.3 is 0 Å². The van der Waals surface area contributed by atoms with Crippen molar-refractivity contribution in [1.29, 1.82) is 0 Å². The largest absolute Gasteiger partial charge is 0.396 e. The summed E-state index contributed by atoms with van der Waals surface area (Å²) in [5.41, 5.74) is 1.14. The molecule has 5 atom stereocenters. The van der Waals surface area contributed by atoms with Gasteiger partial charge in [0.2, 0.25) is 0 Å². The number of carbonyl (C=O) groups is 1. The van der Waals surface area contributed by atoms with Crippen molar-refractivity contribution < 1.29 is 9.90 Å². The van der Waals surface area contributed by atoms with Gasteiger partial charge < -0.3 is 5.11 Å². The van der Waals surface area contributed by atoms with E-state index >= 15 is 0 Å². The predicted molar refractivity (Wildman–Crippen MR) is 66.4 cm³/mol. The van der Waals surface area contributed by atoms with E-state index < -0.39 is 0 Å². The third-order valence-corrected chi connectivity index (χ3v) is 6.04. The summed E-state index contributed by atoms with van der Waals surface area (Å²) in [5.74, 6) is 1.89. The molecule has 0 spiro atoms. The highest BCUT2D eigenvalue weighted by molar-refractivity contribution is 5.87. The standard InChI is InChI=1S/C15H22O2/c1-9-4-5-11(17)14(2)7-6-10-13(12(9)14)15(10,3)8-16/h10,12-13,16H,1,4-8H2,2-3H3/t10-,12+,13-,14-,15+/m0/s1. The van der Waals surface area contributed by atoms with Gasteiger partial charge in [-0.1, -0.05) is 26.0 Å². The average molecular weight is 234 g/mol. The number of Topliss-reactive ketones (excluding diaryl/α,β-unsaturated/α-hetero) is 1. The molecule has 3 aliphatic carbocycles. The second-order valence-electron chi connectivity index (χ2n) is 6.81. The van der Waals surface area contributed by atoms with Crippen molar-refractivity contribution >= 4 is 5.78 Å². The fourth-order valence-corrected chi connectivity index (χ4v) is 4.78. The zero-order valence-corrected chi connectivity index (χ0v) is 10.8. The van der Waals surface area contributed by atoms with Crippen LogP contribution in [-0.4, -0.2) is 17.5 Å². The van der Waals surface area contributed by atoms with Crippen LogP contribution in [0.4, 0.5) is 0 Å². The average Bonchev–Trinajstić information content (AvgIpc) is 2.91. The van der Waals surface area contributed by atoms with E-state index in [1.54, 1.807) is 0 Å². The van der Waals surface area contributed by atoms with Crippen molar-refractivity contribution in [3.63, 3.8) is 0 Å².